The van der Waals surface area contributed by atoms with Gasteiger partial charge in [0.1, 0.15) is 6.54 Å². The van der Waals surface area contributed by atoms with Crippen LogP contribution in [-0.4, -0.2) is 20.3 Å². The van der Waals surface area contributed by atoms with E-state index in [1.54, 1.807) is 24.3 Å². The van der Waals surface area contributed by atoms with Crippen molar-refractivity contribution in [3.8, 4) is 11.4 Å². The molecule has 0 aliphatic heterocycles. The summed E-state index contributed by atoms with van der Waals surface area (Å²) in [5.74, 6) is -0.206. The van der Waals surface area contributed by atoms with Crippen molar-refractivity contribution in [2.45, 2.75) is 38.1 Å². The van der Waals surface area contributed by atoms with E-state index in [9.17, 15) is 22.8 Å². The molecule has 0 radical (unpaired) electrons. The lowest BCUT2D eigenvalue weighted by atomic mass is 10.1. The van der Waals surface area contributed by atoms with E-state index in [0.29, 0.717) is 16.4 Å². The summed E-state index contributed by atoms with van der Waals surface area (Å²) < 4.78 is 41.9. The first kappa shape index (κ1) is 21.2. The molecule has 4 rings (SSSR count). The maximum absolute atomic E-state index is 13.1. The van der Waals surface area contributed by atoms with Crippen LogP contribution >= 0.6 is 11.6 Å². The highest BCUT2D eigenvalue weighted by molar-refractivity contribution is 6.30. The first-order chi connectivity index (χ1) is 14.7. The molecule has 0 saturated heterocycles. The van der Waals surface area contributed by atoms with Crippen molar-refractivity contribution in [2.75, 3.05) is 0 Å². The molecule has 0 spiro atoms. The average molecular weight is 451 g/mol. The SMILES string of the molecule is O=C(Cn1nc(-c2cccc(Cl)c2)n(C2CC2)c1=O)NCc1ccccc1C(F)(F)F. The smallest absolute Gasteiger partial charge is 0.350 e. The molecule has 1 aliphatic carbocycles. The molecule has 1 amide bonds. The fourth-order valence-electron chi connectivity index (χ4n) is 3.35. The molecule has 6 nitrogen and oxygen atoms in total. The van der Waals surface area contributed by atoms with Crippen LogP contribution in [0, 0.1) is 0 Å². The van der Waals surface area contributed by atoms with E-state index in [1.807, 2.05) is 0 Å². The number of aromatic nitrogens is 3. The number of nitrogens with one attached hydrogen (secondary N) is 1. The van der Waals surface area contributed by atoms with E-state index in [1.165, 1.54) is 22.8 Å². The lowest BCUT2D eigenvalue weighted by Gasteiger charge is -2.13. The summed E-state index contributed by atoms with van der Waals surface area (Å²) in [4.78, 5) is 25.2. The Balaban J connectivity index is 1.53. The number of carbonyl (C=O) groups is 1. The van der Waals surface area contributed by atoms with Crippen LogP contribution in [0.5, 0.6) is 0 Å². The maximum Gasteiger partial charge on any atom is 0.416 e. The standard InChI is InChI=1S/C21H18ClF3N4O2/c22-15-6-3-5-13(10-15)19-27-28(20(31)29(19)16-8-9-16)12-18(30)26-11-14-4-1-2-7-17(14)21(23,24)25/h1-7,10,16H,8-9,11-12H2,(H,26,30). The van der Waals surface area contributed by atoms with Gasteiger partial charge in [-0.25, -0.2) is 9.48 Å². The number of hydrogen-bond donors (Lipinski definition) is 1. The lowest BCUT2D eigenvalue weighted by Crippen LogP contribution is -2.33. The van der Waals surface area contributed by atoms with Gasteiger partial charge in [0.05, 0.1) is 5.56 Å². The minimum Gasteiger partial charge on any atom is -0.350 e. The number of alkyl halides is 3. The van der Waals surface area contributed by atoms with E-state index in [0.717, 1.165) is 23.6 Å². The van der Waals surface area contributed by atoms with Gasteiger partial charge in [0, 0.05) is 23.2 Å². The minimum absolute atomic E-state index is 0.0111. The highest BCUT2D eigenvalue weighted by Crippen LogP contribution is 2.36. The van der Waals surface area contributed by atoms with Crippen molar-refractivity contribution >= 4 is 17.5 Å². The van der Waals surface area contributed by atoms with Crippen LogP contribution in [-0.2, 0) is 24.1 Å². The molecular formula is C21H18ClF3N4O2. The highest BCUT2D eigenvalue weighted by Gasteiger charge is 2.33. The van der Waals surface area contributed by atoms with Gasteiger partial charge in [-0.05, 0) is 36.6 Å². The topological polar surface area (TPSA) is 68.9 Å². The van der Waals surface area contributed by atoms with Crippen molar-refractivity contribution in [2.24, 2.45) is 0 Å². The third kappa shape index (κ3) is 4.66. The molecule has 31 heavy (non-hydrogen) atoms. The Hall–Kier alpha value is -3.07. The van der Waals surface area contributed by atoms with E-state index in [-0.39, 0.29) is 18.2 Å². The van der Waals surface area contributed by atoms with Crippen molar-refractivity contribution in [3.05, 3.63) is 75.2 Å². The van der Waals surface area contributed by atoms with Gasteiger partial charge in [-0.1, -0.05) is 41.9 Å². The summed E-state index contributed by atoms with van der Waals surface area (Å²) in [6, 6.07) is 11.9. The molecule has 0 bridgehead atoms. The molecule has 2 aromatic carbocycles. The van der Waals surface area contributed by atoms with Gasteiger partial charge in [0.15, 0.2) is 5.82 Å². The average Bonchev–Trinajstić information content (AvgIpc) is 3.50. The van der Waals surface area contributed by atoms with E-state index < -0.39 is 29.9 Å². The lowest BCUT2D eigenvalue weighted by molar-refractivity contribution is -0.138. The molecule has 162 valence electrons. The van der Waals surface area contributed by atoms with Crippen LogP contribution in [0.15, 0.2) is 53.3 Å². The van der Waals surface area contributed by atoms with Gasteiger partial charge in [-0.3, -0.25) is 9.36 Å². The largest absolute Gasteiger partial charge is 0.416 e. The summed E-state index contributed by atoms with van der Waals surface area (Å²) >= 11 is 6.05. The Morgan fingerprint density at radius 1 is 1.16 bits per heavy atom. The fourth-order valence-corrected chi connectivity index (χ4v) is 3.54. The summed E-state index contributed by atoms with van der Waals surface area (Å²) in [5, 5.41) is 7.23. The van der Waals surface area contributed by atoms with Gasteiger partial charge in [-0.2, -0.15) is 13.2 Å². The minimum atomic E-state index is -4.52. The quantitative estimate of drug-likeness (QED) is 0.616. The molecular weight excluding hydrogens is 433 g/mol. The van der Waals surface area contributed by atoms with E-state index in [4.69, 9.17) is 11.6 Å². The summed E-state index contributed by atoms with van der Waals surface area (Å²) in [6.07, 6.45) is -2.85. The predicted molar refractivity (Wildman–Crippen MR) is 108 cm³/mol. The van der Waals surface area contributed by atoms with Crippen LogP contribution in [0.1, 0.15) is 30.0 Å². The van der Waals surface area contributed by atoms with E-state index >= 15 is 0 Å². The van der Waals surface area contributed by atoms with Crippen LogP contribution in [0.3, 0.4) is 0 Å². The molecule has 10 heteroatoms. The Morgan fingerprint density at radius 2 is 1.90 bits per heavy atom. The number of carbonyl (C=O) groups excluding carboxylic acids is 1. The Bertz CT molecular complexity index is 1180. The van der Waals surface area contributed by atoms with Crippen molar-refractivity contribution < 1.29 is 18.0 Å². The van der Waals surface area contributed by atoms with Crippen molar-refractivity contribution in [1.82, 2.24) is 19.7 Å². The van der Waals surface area contributed by atoms with Crippen molar-refractivity contribution in [1.29, 1.82) is 0 Å². The van der Waals surface area contributed by atoms with Crippen molar-refractivity contribution in [3.63, 3.8) is 0 Å². The number of nitrogens with zero attached hydrogens (tertiary/aromatic N) is 3. The highest BCUT2D eigenvalue weighted by atomic mass is 35.5. The number of hydrogen-bond acceptors (Lipinski definition) is 3. The molecule has 1 aromatic heterocycles. The van der Waals surface area contributed by atoms with E-state index in [2.05, 4.69) is 10.4 Å². The number of amides is 1. The fraction of sp³-hybridized carbons (Fsp3) is 0.286. The second-order valence-corrected chi connectivity index (χ2v) is 7.74. The molecule has 1 fully saturated rings. The molecule has 1 aliphatic rings. The van der Waals surface area contributed by atoms with Crippen LogP contribution in [0.25, 0.3) is 11.4 Å². The second kappa shape index (κ2) is 8.22. The zero-order valence-corrected chi connectivity index (χ0v) is 17.0. The zero-order valence-electron chi connectivity index (χ0n) is 16.2. The predicted octanol–water partition coefficient (Wildman–Crippen LogP) is 4.04. The van der Waals surface area contributed by atoms with Crippen LogP contribution < -0.4 is 11.0 Å². The second-order valence-electron chi connectivity index (χ2n) is 7.31. The van der Waals surface area contributed by atoms with Gasteiger partial charge in [0.2, 0.25) is 5.91 Å². The molecule has 0 atom stereocenters. The molecule has 1 N–H and O–H groups in total. The third-order valence-corrected chi connectivity index (χ3v) is 5.19. The van der Waals surface area contributed by atoms with Gasteiger partial charge in [0.25, 0.3) is 0 Å². The molecule has 0 unspecified atom stereocenters. The first-order valence-corrected chi connectivity index (χ1v) is 9.99. The van der Waals surface area contributed by atoms with Gasteiger partial charge in [-0.15, -0.1) is 5.10 Å². The van der Waals surface area contributed by atoms with Crippen LogP contribution in [0.4, 0.5) is 13.2 Å². The maximum atomic E-state index is 13.1. The summed E-state index contributed by atoms with van der Waals surface area (Å²) in [5.41, 5.74) is -0.661. The Kier molecular flexibility index (Phi) is 5.62. The first-order valence-electron chi connectivity index (χ1n) is 9.61. The monoisotopic (exact) mass is 450 g/mol. The Labute approximate surface area is 180 Å². The number of halogens is 4. The number of rotatable bonds is 6. The molecule has 1 saturated carbocycles. The summed E-state index contributed by atoms with van der Waals surface area (Å²) in [6.45, 7) is -0.714. The molecule has 3 aromatic rings. The zero-order chi connectivity index (χ0) is 22.2. The van der Waals surface area contributed by atoms with Gasteiger partial charge >= 0.3 is 11.9 Å². The number of benzene rings is 2. The third-order valence-electron chi connectivity index (χ3n) is 4.96. The summed E-state index contributed by atoms with van der Waals surface area (Å²) in [7, 11) is 0. The molecule has 1 heterocycles. The van der Waals surface area contributed by atoms with Gasteiger partial charge < -0.3 is 5.32 Å². The Morgan fingerprint density at radius 3 is 2.58 bits per heavy atom. The van der Waals surface area contributed by atoms with Crippen LogP contribution in [0.2, 0.25) is 5.02 Å². The normalized spacial score (nSPS) is 13.9.